The van der Waals surface area contributed by atoms with Gasteiger partial charge in [0.2, 0.25) is 0 Å². The second-order valence-corrected chi connectivity index (χ2v) is 6.01. The van der Waals surface area contributed by atoms with Gasteiger partial charge >= 0.3 is 0 Å². The third kappa shape index (κ3) is 3.06. The minimum atomic E-state index is -3.30. The van der Waals surface area contributed by atoms with Crippen molar-refractivity contribution in [3.05, 3.63) is 35.4 Å². The number of hydrogen-bond acceptors (Lipinski definition) is 3. The standard InChI is InChI=1S/C12H16O3S/c1-16(13,14)15-9-10-6-7-11-4-2-3-5-12(11)8-10/h2-5,10H,6-9H2,1H3. The quantitative estimate of drug-likeness (QED) is 0.756. The first-order chi connectivity index (χ1) is 7.54. The molecule has 1 unspecified atom stereocenters. The van der Waals surface area contributed by atoms with Crippen LogP contribution in [0.5, 0.6) is 0 Å². The van der Waals surface area contributed by atoms with Crippen LogP contribution < -0.4 is 0 Å². The van der Waals surface area contributed by atoms with Crippen LogP contribution in [0.4, 0.5) is 0 Å². The molecule has 3 nitrogen and oxygen atoms in total. The van der Waals surface area contributed by atoms with Crippen LogP contribution in [0.1, 0.15) is 17.5 Å². The summed E-state index contributed by atoms with van der Waals surface area (Å²) in [6.07, 6.45) is 4.05. The second kappa shape index (κ2) is 4.55. The van der Waals surface area contributed by atoms with Gasteiger partial charge in [-0.2, -0.15) is 8.42 Å². The molecule has 0 N–H and O–H groups in total. The van der Waals surface area contributed by atoms with Gasteiger partial charge < -0.3 is 0 Å². The van der Waals surface area contributed by atoms with Crippen molar-refractivity contribution >= 4 is 10.1 Å². The fourth-order valence-electron chi connectivity index (χ4n) is 2.14. The minimum absolute atomic E-state index is 0.313. The first kappa shape index (κ1) is 11.6. The van der Waals surface area contributed by atoms with E-state index >= 15 is 0 Å². The van der Waals surface area contributed by atoms with E-state index in [0.717, 1.165) is 25.5 Å². The molecule has 0 saturated heterocycles. The van der Waals surface area contributed by atoms with E-state index in [1.807, 2.05) is 12.1 Å². The van der Waals surface area contributed by atoms with Gasteiger partial charge in [-0.15, -0.1) is 0 Å². The molecule has 1 aliphatic rings. The van der Waals surface area contributed by atoms with Crippen LogP contribution in [0.3, 0.4) is 0 Å². The lowest BCUT2D eigenvalue weighted by molar-refractivity contribution is 0.241. The highest BCUT2D eigenvalue weighted by Crippen LogP contribution is 2.25. The van der Waals surface area contributed by atoms with E-state index in [1.165, 1.54) is 11.1 Å². The van der Waals surface area contributed by atoms with Gasteiger partial charge in [0, 0.05) is 0 Å². The molecule has 1 aromatic rings. The zero-order chi connectivity index (χ0) is 11.6. The Bertz CT molecular complexity index is 465. The Hall–Kier alpha value is -0.870. The highest BCUT2D eigenvalue weighted by molar-refractivity contribution is 7.85. The third-order valence-corrected chi connectivity index (χ3v) is 3.53. The van der Waals surface area contributed by atoms with E-state index in [-0.39, 0.29) is 0 Å². The first-order valence-electron chi connectivity index (χ1n) is 5.46. The zero-order valence-electron chi connectivity index (χ0n) is 9.35. The Balaban J connectivity index is 1.98. The lowest BCUT2D eigenvalue weighted by Crippen LogP contribution is -2.20. The molecule has 0 aliphatic heterocycles. The summed E-state index contributed by atoms with van der Waals surface area (Å²) < 4.78 is 26.7. The highest BCUT2D eigenvalue weighted by Gasteiger charge is 2.19. The van der Waals surface area contributed by atoms with Crippen LogP contribution in [-0.4, -0.2) is 21.3 Å². The average molecular weight is 240 g/mol. The normalized spacial score (nSPS) is 20.4. The van der Waals surface area contributed by atoms with E-state index in [9.17, 15) is 8.42 Å². The van der Waals surface area contributed by atoms with E-state index in [2.05, 4.69) is 12.1 Å². The van der Waals surface area contributed by atoms with E-state index in [4.69, 9.17) is 4.18 Å². The van der Waals surface area contributed by atoms with Crippen LogP contribution in [0.25, 0.3) is 0 Å². The maximum atomic E-state index is 10.9. The van der Waals surface area contributed by atoms with E-state index in [1.54, 1.807) is 0 Å². The van der Waals surface area contributed by atoms with Gasteiger partial charge in [-0.25, -0.2) is 0 Å². The summed E-state index contributed by atoms with van der Waals surface area (Å²) >= 11 is 0. The Kier molecular flexibility index (Phi) is 3.30. The molecule has 2 rings (SSSR count). The molecule has 1 aliphatic carbocycles. The van der Waals surface area contributed by atoms with Crippen molar-refractivity contribution in [2.75, 3.05) is 12.9 Å². The molecule has 0 fully saturated rings. The number of benzene rings is 1. The Morgan fingerprint density at radius 2 is 2.00 bits per heavy atom. The van der Waals surface area contributed by atoms with Crippen molar-refractivity contribution in [3.8, 4) is 0 Å². The van der Waals surface area contributed by atoms with Crippen molar-refractivity contribution in [2.24, 2.45) is 5.92 Å². The molecular formula is C12H16O3S. The fourth-order valence-corrected chi connectivity index (χ4v) is 2.57. The maximum absolute atomic E-state index is 10.9. The second-order valence-electron chi connectivity index (χ2n) is 4.37. The van der Waals surface area contributed by atoms with Gasteiger partial charge in [0.25, 0.3) is 10.1 Å². The van der Waals surface area contributed by atoms with Crippen LogP contribution in [0.15, 0.2) is 24.3 Å². The Morgan fingerprint density at radius 3 is 2.69 bits per heavy atom. The SMILES string of the molecule is CS(=O)(=O)OCC1CCc2ccccc2C1. The summed E-state index contributed by atoms with van der Waals surface area (Å²) in [5.41, 5.74) is 2.72. The predicted octanol–water partition coefficient (Wildman–Crippen LogP) is 1.77. The molecule has 0 bridgehead atoms. The molecule has 0 radical (unpaired) electrons. The lowest BCUT2D eigenvalue weighted by atomic mass is 9.84. The summed E-state index contributed by atoms with van der Waals surface area (Å²) in [5, 5.41) is 0. The molecular weight excluding hydrogens is 224 g/mol. The number of aryl methyl sites for hydroxylation is 1. The molecule has 1 aromatic carbocycles. The molecule has 0 amide bonds. The first-order valence-corrected chi connectivity index (χ1v) is 7.27. The largest absolute Gasteiger partial charge is 0.270 e. The summed E-state index contributed by atoms with van der Waals surface area (Å²) in [6.45, 7) is 0.313. The fraction of sp³-hybridized carbons (Fsp3) is 0.500. The van der Waals surface area contributed by atoms with Gasteiger partial charge in [-0.05, 0) is 36.3 Å². The number of fused-ring (bicyclic) bond motifs is 1. The van der Waals surface area contributed by atoms with Crippen LogP contribution >= 0.6 is 0 Å². The molecule has 0 spiro atoms. The molecule has 88 valence electrons. The number of rotatable bonds is 3. The molecule has 0 aromatic heterocycles. The van der Waals surface area contributed by atoms with Gasteiger partial charge in [0.15, 0.2) is 0 Å². The van der Waals surface area contributed by atoms with Gasteiger partial charge in [-0.1, -0.05) is 24.3 Å². The minimum Gasteiger partial charge on any atom is -0.270 e. The monoisotopic (exact) mass is 240 g/mol. The molecule has 4 heteroatoms. The summed E-state index contributed by atoms with van der Waals surface area (Å²) in [6, 6.07) is 8.33. The van der Waals surface area contributed by atoms with Crippen molar-refractivity contribution in [1.82, 2.24) is 0 Å². The van der Waals surface area contributed by atoms with Gasteiger partial charge in [0.05, 0.1) is 12.9 Å². The van der Waals surface area contributed by atoms with Crippen LogP contribution in [-0.2, 0) is 27.1 Å². The summed E-state index contributed by atoms with van der Waals surface area (Å²) in [5.74, 6) is 0.324. The van der Waals surface area contributed by atoms with Crippen molar-refractivity contribution in [1.29, 1.82) is 0 Å². The molecule has 16 heavy (non-hydrogen) atoms. The predicted molar refractivity (Wildman–Crippen MR) is 62.8 cm³/mol. The zero-order valence-corrected chi connectivity index (χ0v) is 10.2. The maximum Gasteiger partial charge on any atom is 0.264 e. The van der Waals surface area contributed by atoms with Crippen LogP contribution in [0, 0.1) is 5.92 Å². The third-order valence-electron chi connectivity index (χ3n) is 2.97. The molecule has 0 saturated carbocycles. The molecule has 1 atom stereocenters. The summed E-state index contributed by atoms with van der Waals surface area (Å²) in [7, 11) is -3.30. The van der Waals surface area contributed by atoms with Gasteiger partial charge in [0.1, 0.15) is 0 Å². The average Bonchev–Trinajstić information content (AvgIpc) is 2.25. The van der Waals surface area contributed by atoms with Crippen LogP contribution in [0.2, 0.25) is 0 Å². The highest BCUT2D eigenvalue weighted by atomic mass is 32.2. The topological polar surface area (TPSA) is 43.4 Å². The van der Waals surface area contributed by atoms with Gasteiger partial charge in [-0.3, -0.25) is 4.18 Å². The van der Waals surface area contributed by atoms with E-state index in [0.29, 0.717) is 12.5 Å². The van der Waals surface area contributed by atoms with Crippen molar-refractivity contribution < 1.29 is 12.6 Å². The molecule has 0 heterocycles. The van der Waals surface area contributed by atoms with E-state index < -0.39 is 10.1 Å². The van der Waals surface area contributed by atoms with Crippen molar-refractivity contribution in [2.45, 2.75) is 19.3 Å². The lowest BCUT2D eigenvalue weighted by Gasteiger charge is -2.23. The van der Waals surface area contributed by atoms with Crippen molar-refractivity contribution in [3.63, 3.8) is 0 Å². The smallest absolute Gasteiger partial charge is 0.264 e. The Morgan fingerprint density at radius 1 is 1.31 bits per heavy atom. The summed E-state index contributed by atoms with van der Waals surface area (Å²) in [4.78, 5) is 0. The number of hydrogen-bond donors (Lipinski definition) is 0. The Labute approximate surface area is 96.6 Å².